The average molecular weight is 375 g/mol. The lowest BCUT2D eigenvalue weighted by Gasteiger charge is -2.30. The van der Waals surface area contributed by atoms with Crippen LogP contribution in [0.5, 0.6) is 0 Å². The van der Waals surface area contributed by atoms with Crippen molar-refractivity contribution in [3.8, 4) is 0 Å². The molecule has 0 aromatic rings. The summed E-state index contributed by atoms with van der Waals surface area (Å²) in [6.07, 6.45) is 3.36. The predicted molar refractivity (Wildman–Crippen MR) is 89.1 cm³/mol. The first kappa shape index (κ1) is 23.2. The summed E-state index contributed by atoms with van der Waals surface area (Å²) in [5, 5.41) is 6.46. The van der Waals surface area contributed by atoms with E-state index in [-0.39, 0.29) is 12.0 Å². The molecule has 0 amide bonds. The van der Waals surface area contributed by atoms with E-state index in [9.17, 15) is 14.2 Å². The van der Waals surface area contributed by atoms with Crippen LogP contribution >= 0.6 is 15.2 Å². The molecule has 10 heteroatoms. The normalized spacial score (nSPS) is 14.5. The first-order valence-corrected chi connectivity index (χ1v) is 10.8. The molecule has 0 aliphatic heterocycles. The summed E-state index contributed by atoms with van der Waals surface area (Å²) in [6.45, 7) is 7.12. The van der Waals surface area contributed by atoms with Crippen molar-refractivity contribution in [3.63, 3.8) is 0 Å². The van der Waals surface area contributed by atoms with Gasteiger partial charge in [0.2, 0.25) is 0 Å². The zero-order valence-electron chi connectivity index (χ0n) is 14.3. The Labute approximate surface area is 138 Å². The van der Waals surface area contributed by atoms with Gasteiger partial charge in [0.1, 0.15) is 0 Å². The zero-order valence-corrected chi connectivity index (χ0v) is 16.1. The maximum Gasteiger partial charge on any atom is 0.369 e. The van der Waals surface area contributed by atoms with Gasteiger partial charge in [0.25, 0.3) is 5.08 Å². The second kappa shape index (κ2) is 8.54. The highest BCUT2D eigenvalue weighted by atomic mass is 31.2. The van der Waals surface area contributed by atoms with E-state index >= 15 is 0 Å². The lowest BCUT2D eigenvalue weighted by molar-refractivity contribution is 0.112. The van der Waals surface area contributed by atoms with E-state index < -0.39 is 26.7 Å². The van der Waals surface area contributed by atoms with Gasteiger partial charge in [-0.05, 0) is 31.8 Å². The van der Waals surface area contributed by atoms with Crippen molar-refractivity contribution in [2.75, 3.05) is 20.1 Å². The molecule has 0 rings (SSSR count). The second-order valence-corrected chi connectivity index (χ2v) is 11.3. The number of unbranched alkanes of at least 4 members (excludes halogenated alkanes) is 2. The topological polar surface area (TPSA) is 139 Å². The maximum absolute atomic E-state index is 11.2. The van der Waals surface area contributed by atoms with E-state index in [1.54, 1.807) is 11.9 Å². The van der Waals surface area contributed by atoms with E-state index in [1.807, 2.05) is 0 Å². The molecule has 0 bridgehead atoms. The monoisotopic (exact) mass is 375 g/mol. The Bertz CT molecular complexity index is 430. The van der Waals surface area contributed by atoms with Gasteiger partial charge in [0, 0.05) is 13.0 Å². The molecular weight excluding hydrogens is 344 g/mol. The van der Waals surface area contributed by atoms with E-state index in [1.165, 1.54) is 0 Å². The van der Waals surface area contributed by atoms with Crippen LogP contribution in [0.3, 0.4) is 0 Å². The molecule has 0 aliphatic carbocycles. The number of rotatable bonds is 10. The second-order valence-electron chi connectivity index (χ2n) is 7.29. The number of hydrogen-bond donors (Lipinski definition) is 5. The highest BCUT2D eigenvalue weighted by Gasteiger charge is 2.58. The van der Waals surface area contributed by atoms with Crippen LogP contribution in [0.1, 0.15) is 52.9 Å². The molecule has 5 N–H and O–H groups in total. The van der Waals surface area contributed by atoms with Crippen LogP contribution in [-0.2, 0) is 9.13 Å². The quantitative estimate of drug-likeness (QED) is 0.288. The minimum Gasteiger partial charge on any atom is -0.367 e. The Morgan fingerprint density at radius 1 is 0.826 bits per heavy atom. The SMILES string of the molecule is CN(CCCCCC(C)(C)C)CCC(O)(P(=O)(O)O)P(=O)(O)O. The van der Waals surface area contributed by atoms with E-state index in [0.29, 0.717) is 6.54 Å². The van der Waals surface area contributed by atoms with Gasteiger partial charge in [-0.15, -0.1) is 0 Å². The largest absolute Gasteiger partial charge is 0.369 e. The van der Waals surface area contributed by atoms with Crippen molar-refractivity contribution in [1.82, 2.24) is 4.90 Å². The number of hydrogen-bond acceptors (Lipinski definition) is 4. The smallest absolute Gasteiger partial charge is 0.367 e. The molecular formula is C13H31NO7P2. The van der Waals surface area contributed by atoms with Crippen molar-refractivity contribution < 1.29 is 33.8 Å². The van der Waals surface area contributed by atoms with Crippen LogP contribution < -0.4 is 0 Å². The summed E-state index contributed by atoms with van der Waals surface area (Å²) in [4.78, 5) is 37.9. The Morgan fingerprint density at radius 3 is 1.70 bits per heavy atom. The third-order valence-electron chi connectivity index (χ3n) is 3.73. The number of aliphatic hydroxyl groups is 1. The fraction of sp³-hybridized carbons (Fsp3) is 1.00. The fourth-order valence-electron chi connectivity index (χ4n) is 2.13. The highest BCUT2D eigenvalue weighted by molar-refractivity contribution is 7.72. The minimum atomic E-state index is -5.35. The van der Waals surface area contributed by atoms with Gasteiger partial charge in [0.15, 0.2) is 0 Å². The van der Waals surface area contributed by atoms with Crippen LogP contribution in [-0.4, -0.2) is 54.8 Å². The molecule has 0 unspecified atom stereocenters. The van der Waals surface area contributed by atoms with Crippen molar-refractivity contribution in [3.05, 3.63) is 0 Å². The van der Waals surface area contributed by atoms with Crippen LogP contribution in [0.4, 0.5) is 0 Å². The molecule has 8 nitrogen and oxygen atoms in total. The third-order valence-corrected chi connectivity index (χ3v) is 7.61. The highest BCUT2D eigenvalue weighted by Crippen LogP contribution is 2.68. The Kier molecular flexibility index (Phi) is 8.63. The van der Waals surface area contributed by atoms with Gasteiger partial charge in [-0.2, -0.15) is 0 Å². The summed E-state index contributed by atoms with van der Waals surface area (Å²) in [5.41, 5.74) is 0.287. The predicted octanol–water partition coefficient (Wildman–Crippen LogP) is 1.92. The lowest BCUT2D eigenvalue weighted by Crippen LogP contribution is -2.34. The standard InChI is InChI=1S/C13H31NO7P2/c1-12(2,3)8-6-5-7-10-14(4)11-9-13(15,22(16,17)18)23(19,20)21/h15H,5-11H2,1-4H3,(H2,16,17,18)(H2,19,20,21). The first-order chi connectivity index (χ1) is 10.1. The van der Waals surface area contributed by atoms with Crippen LogP contribution in [0.15, 0.2) is 0 Å². The molecule has 0 atom stereocenters. The van der Waals surface area contributed by atoms with Gasteiger partial charge >= 0.3 is 15.2 Å². The van der Waals surface area contributed by atoms with Crippen molar-refractivity contribution in [1.29, 1.82) is 0 Å². The molecule has 0 fully saturated rings. The molecule has 0 aromatic carbocycles. The minimum absolute atomic E-state index is 0.0218. The summed E-state index contributed by atoms with van der Waals surface area (Å²) >= 11 is 0. The molecule has 140 valence electrons. The molecule has 0 spiro atoms. The zero-order chi connectivity index (χ0) is 18.5. The van der Waals surface area contributed by atoms with E-state index in [2.05, 4.69) is 20.8 Å². The van der Waals surface area contributed by atoms with Crippen LogP contribution in [0.2, 0.25) is 0 Å². The fourth-order valence-corrected chi connectivity index (χ4v) is 4.27. The summed E-state index contributed by atoms with van der Waals surface area (Å²) in [5.74, 6) is 0. The van der Waals surface area contributed by atoms with Crippen LogP contribution in [0.25, 0.3) is 0 Å². The van der Waals surface area contributed by atoms with Gasteiger partial charge in [-0.3, -0.25) is 9.13 Å². The van der Waals surface area contributed by atoms with E-state index in [4.69, 9.17) is 19.6 Å². The first-order valence-electron chi connectivity index (χ1n) is 7.62. The Morgan fingerprint density at radius 2 is 1.30 bits per heavy atom. The van der Waals surface area contributed by atoms with Gasteiger partial charge in [0.05, 0.1) is 0 Å². The average Bonchev–Trinajstić information content (AvgIpc) is 2.31. The lowest BCUT2D eigenvalue weighted by atomic mass is 9.89. The molecule has 0 aromatic heterocycles. The molecule has 0 saturated heterocycles. The van der Waals surface area contributed by atoms with Gasteiger partial charge < -0.3 is 29.6 Å². The van der Waals surface area contributed by atoms with Crippen molar-refractivity contribution in [2.45, 2.75) is 58.0 Å². The maximum atomic E-state index is 11.2. The Balaban J connectivity index is 4.33. The summed E-state index contributed by atoms with van der Waals surface area (Å²) < 4.78 is 22.5. The third kappa shape index (κ3) is 8.23. The number of nitrogens with zero attached hydrogens (tertiary/aromatic N) is 1. The van der Waals surface area contributed by atoms with Crippen molar-refractivity contribution >= 4 is 15.2 Å². The Hall–Kier alpha value is 0.220. The summed E-state index contributed by atoms with van der Waals surface area (Å²) in [6, 6.07) is 0. The van der Waals surface area contributed by atoms with Gasteiger partial charge in [-0.1, -0.05) is 33.6 Å². The van der Waals surface area contributed by atoms with E-state index in [0.717, 1.165) is 25.7 Å². The molecule has 23 heavy (non-hydrogen) atoms. The molecule has 0 aliphatic rings. The molecule has 0 heterocycles. The van der Waals surface area contributed by atoms with Crippen LogP contribution in [0, 0.1) is 5.41 Å². The van der Waals surface area contributed by atoms with Gasteiger partial charge in [-0.25, -0.2) is 0 Å². The molecule has 0 radical (unpaired) electrons. The summed E-state index contributed by atoms with van der Waals surface area (Å²) in [7, 11) is -9.03. The van der Waals surface area contributed by atoms with Crippen molar-refractivity contribution in [2.24, 2.45) is 5.41 Å². The molecule has 0 saturated carbocycles.